The van der Waals surface area contributed by atoms with Crippen molar-refractivity contribution in [2.45, 2.75) is 17.7 Å². The summed E-state index contributed by atoms with van der Waals surface area (Å²) in [6.45, 7) is 2.58. The molecule has 0 saturated carbocycles. The van der Waals surface area contributed by atoms with E-state index in [4.69, 9.17) is 4.42 Å². The molecular formula is C12H13N3O3S. The van der Waals surface area contributed by atoms with Crippen molar-refractivity contribution in [3.63, 3.8) is 0 Å². The molecule has 100 valence electrons. The van der Waals surface area contributed by atoms with Crippen LogP contribution >= 0.6 is 11.8 Å². The van der Waals surface area contributed by atoms with E-state index in [0.717, 1.165) is 5.76 Å². The maximum Gasteiger partial charge on any atom is 0.275 e. The van der Waals surface area contributed by atoms with Crippen molar-refractivity contribution in [1.82, 2.24) is 4.98 Å². The van der Waals surface area contributed by atoms with E-state index >= 15 is 0 Å². The first-order valence-corrected chi connectivity index (χ1v) is 6.73. The van der Waals surface area contributed by atoms with Gasteiger partial charge in [-0.25, -0.2) is 4.98 Å². The number of thioether (sulfide) groups is 1. The van der Waals surface area contributed by atoms with Crippen molar-refractivity contribution in [2.75, 3.05) is 11.9 Å². The summed E-state index contributed by atoms with van der Waals surface area (Å²) in [6, 6.07) is 6.56. The van der Waals surface area contributed by atoms with E-state index in [1.807, 2.05) is 13.0 Å². The SMILES string of the molecule is CCNc1cc([N+](=O)[O-])cc(SCc2ccco2)n1. The monoisotopic (exact) mass is 279 g/mol. The van der Waals surface area contributed by atoms with Crippen LogP contribution in [0.4, 0.5) is 11.5 Å². The summed E-state index contributed by atoms with van der Waals surface area (Å²) in [4.78, 5) is 14.8. The predicted molar refractivity (Wildman–Crippen MR) is 73.3 cm³/mol. The number of anilines is 1. The van der Waals surface area contributed by atoms with Gasteiger partial charge >= 0.3 is 0 Å². The van der Waals surface area contributed by atoms with E-state index in [1.54, 1.807) is 12.3 Å². The Morgan fingerprint density at radius 3 is 3.00 bits per heavy atom. The third kappa shape index (κ3) is 3.72. The number of nitrogens with one attached hydrogen (secondary N) is 1. The van der Waals surface area contributed by atoms with Gasteiger partial charge in [0.15, 0.2) is 0 Å². The summed E-state index contributed by atoms with van der Waals surface area (Å²) >= 11 is 1.40. The van der Waals surface area contributed by atoms with Gasteiger partial charge in [0, 0.05) is 12.6 Å². The van der Waals surface area contributed by atoms with Gasteiger partial charge in [0.05, 0.1) is 23.0 Å². The van der Waals surface area contributed by atoms with E-state index in [2.05, 4.69) is 10.3 Å². The Bertz CT molecular complexity index is 557. The third-order valence-electron chi connectivity index (χ3n) is 2.30. The van der Waals surface area contributed by atoms with Crippen molar-refractivity contribution in [1.29, 1.82) is 0 Å². The summed E-state index contributed by atoms with van der Waals surface area (Å²) < 4.78 is 5.21. The highest BCUT2D eigenvalue weighted by Crippen LogP contribution is 2.27. The van der Waals surface area contributed by atoms with Crippen molar-refractivity contribution in [3.05, 3.63) is 46.4 Å². The lowest BCUT2D eigenvalue weighted by atomic mass is 10.4. The van der Waals surface area contributed by atoms with E-state index in [-0.39, 0.29) is 5.69 Å². The van der Waals surface area contributed by atoms with Crippen molar-refractivity contribution < 1.29 is 9.34 Å². The van der Waals surface area contributed by atoms with Crippen LogP contribution in [-0.2, 0) is 5.75 Å². The first-order valence-electron chi connectivity index (χ1n) is 5.74. The summed E-state index contributed by atoms with van der Waals surface area (Å²) in [7, 11) is 0. The number of furan rings is 1. The number of aromatic nitrogens is 1. The van der Waals surface area contributed by atoms with Crippen LogP contribution in [0.3, 0.4) is 0 Å². The second kappa shape index (κ2) is 6.24. The molecule has 19 heavy (non-hydrogen) atoms. The topological polar surface area (TPSA) is 81.2 Å². The number of nitro groups is 1. The minimum atomic E-state index is -0.417. The molecule has 0 bridgehead atoms. The maximum atomic E-state index is 10.9. The zero-order valence-corrected chi connectivity index (χ0v) is 11.1. The lowest BCUT2D eigenvalue weighted by Crippen LogP contribution is -2.01. The molecule has 0 aliphatic heterocycles. The van der Waals surface area contributed by atoms with Crippen LogP contribution in [-0.4, -0.2) is 16.5 Å². The Kier molecular flexibility index (Phi) is 4.40. The van der Waals surface area contributed by atoms with Crippen LogP contribution in [0.2, 0.25) is 0 Å². The predicted octanol–water partition coefficient (Wildman–Crippen LogP) is 3.31. The maximum absolute atomic E-state index is 10.9. The summed E-state index contributed by atoms with van der Waals surface area (Å²) in [5.41, 5.74) is 0.0351. The van der Waals surface area contributed by atoms with Gasteiger partial charge in [-0.3, -0.25) is 10.1 Å². The molecule has 0 atom stereocenters. The first kappa shape index (κ1) is 13.4. The van der Waals surface area contributed by atoms with Gasteiger partial charge in [-0.1, -0.05) is 11.8 Å². The second-order valence-electron chi connectivity index (χ2n) is 3.70. The van der Waals surface area contributed by atoms with Crippen molar-refractivity contribution in [2.24, 2.45) is 0 Å². The molecular weight excluding hydrogens is 266 g/mol. The second-order valence-corrected chi connectivity index (χ2v) is 4.70. The molecule has 0 aromatic carbocycles. The molecule has 0 unspecified atom stereocenters. The highest BCUT2D eigenvalue weighted by Gasteiger charge is 2.11. The average Bonchev–Trinajstić information content (AvgIpc) is 2.89. The number of rotatable bonds is 6. The summed E-state index contributed by atoms with van der Waals surface area (Å²) in [5.74, 6) is 1.91. The van der Waals surface area contributed by atoms with Gasteiger partial charge in [-0.15, -0.1) is 0 Å². The van der Waals surface area contributed by atoms with Crippen LogP contribution in [0, 0.1) is 10.1 Å². The van der Waals surface area contributed by atoms with Crippen molar-refractivity contribution in [3.8, 4) is 0 Å². The van der Waals surface area contributed by atoms with E-state index in [1.165, 1.54) is 23.9 Å². The van der Waals surface area contributed by atoms with Gasteiger partial charge in [0.2, 0.25) is 0 Å². The Hall–Kier alpha value is -2.02. The fourth-order valence-electron chi connectivity index (χ4n) is 1.48. The minimum Gasteiger partial charge on any atom is -0.468 e. The fourth-order valence-corrected chi connectivity index (χ4v) is 2.30. The summed E-state index contributed by atoms with van der Waals surface area (Å²) in [6.07, 6.45) is 1.60. The molecule has 2 aromatic heterocycles. The number of pyridine rings is 1. The third-order valence-corrected chi connectivity index (χ3v) is 3.23. The van der Waals surface area contributed by atoms with Crippen LogP contribution in [0.5, 0.6) is 0 Å². The molecule has 0 spiro atoms. The average molecular weight is 279 g/mol. The Morgan fingerprint density at radius 1 is 1.53 bits per heavy atom. The molecule has 1 N–H and O–H groups in total. The smallest absolute Gasteiger partial charge is 0.275 e. The minimum absolute atomic E-state index is 0.0351. The van der Waals surface area contributed by atoms with E-state index < -0.39 is 4.92 Å². The van der Waals surface area contributed by atoms with Crippen LogP contribution in [0.1, 0.15) is 12.7 Å². The molecule has 0 aliphatic rings. The van der Waals surface area contributed by atoms with Gasteiger partial charge in [0.1, 0.15) is 16.6 Å². The lowest BCUT2D eigenvalue weighted by molar-refractivity contribution is -0.385. The molecule has 2 heterocycles. The van der Waals surface area contributed by atoms with E-state index in [9.17, 15) is 10.1 Å². The molecule has 7 heteroatoms. The highest BCUT2D eigenvalue weighted by molar-refractivity contribution is 7.98. The van der Waals surface area contributed by atoms with Crippen LogP contribution in [0.15, 0.2) is 40.0 Å². The fraction of sp³-hybridized carbons (Fsp3) is 0.250. The number of hydrogen-bond donors (Lipinski definition) is 1. The molecule has 2 rings (SSSR count). The first-order chi connectivity index (χ1) is 9.19. The molecule has 0 amide bonds. The highest BCUT2D eigenvalue weighted by atomic mass is 32.2. The van der Waals surface area contributed by atoms with Gasteiger partial charge in [-0.2, -0.15) is 0 Å². The van der Waals surface area contributed by atoms with Gasteiger partial charge in [0.25, 0.3) is 5.69 Å². The molecule has 0 saturated heterocycles. The number of nitrogens with zero attached hydrogens (tertiary/aromatic N) is 2. The Morgan fingerprint density at radius 2 is 2.37 bits per heavy atom. The number of hydrogen-bond acceptors (Lipinski definition) is 6. The normalized spacial score (nSPS) is 10.4. The van der Waals surface area contributed by atoms with Gasteiger partial charge in [-0.05, 0) is 19.1 Å². The van der Waals surface area contributed by atoms with Gasteiger partial charge < -0.3 is 9.73 Å². The largest absolute Gasteiger partial charge is 0.468 e. The van der Waals surface area contributed by atoms with Crippen LogP contribution in [0.25, 0.3) is 0 Å². The van der Waals surface area contributed by atoms with Crippen molar-refractivity contribution >= 4 is 23.3 Å². The summed E-state index contributed by atoms with van der Waals surface area (Å²) in [5, 5.41) is 14.4. The molecule has 0 aliphatic carbocycles. The van der Waals surface area contributed by atoms with E-state index in [0.29, 0.717) is 23.1 Å². The molecule has 0 radical (unpaired) electrons. The standard InChI is InChI=1S/C12H13N3O3S/c1-2-13-11-6-9(15(16)17)7-12(14-11)19-8-10-4-3-5-18-10/h3-7H,2,8H2,1H3,(H,13,14). The zero-order chi connectivity index (χ0) is 13.7. The Labute approximate surface area is 114 Å². The molecule has 0 fully saturated rings. The molecule has 2 aromatic rings. The quantitative estimate of drug-likeness (QED) is 0.496. The zero-order valence-electron chi connectivity index (χ0n) is 10.3. The Balaban J connectivity index is 2.16. The van der Waals surface area contributed by atoms with Crippen LogP contribution < -0.4 is 5.32 Å². The lowest BCUT2D eigenvalue weighted by Gasteiger charge is -2.05. The molecule has 6 nitrogen and oxygen atoms in total.